The molecule has 2 aromatic rings. The van der Waals surface area contributed by atoms with E-state index in [1.807, 2.05) is 55.3 Å². The number of nitrogens with zero attached hydrogens (tertiary/aromatic N) is 4. The zero-order valence-corrected chi connectivity index (χ0v) is 14.2. The number of benzene rings is 1. The van der Waals surface area contributed by atoms with E-state index in [1.54, 1.807) is 4.68 Å². The molecule has 1 amide bonds. The molecule has 1 N–H and O–H groups in total. The van der Waals surface area contributed by atoms with E-state index in [2.05, 4.69) is 10.00 Å². The average Bonchev–Trinajstić information content (AvgIpc) is 2.95. The maximum atomic E-state index is 12.5. The van der Waals surface area contributed by atoms with Crippen LogP contribution in [-0.4, -0.2) is 63.3 Å². The highest BCUT2D eigenvalue weighted by Crippen LogP contribution is 2.15. The molecule has 128 valence electrons. The van der Waals surface area contributed by atoms with Gasteiger partial charge in [0.05, 0.1) is 6.10 Å². The second-order valence-electron chi connectivity index (χ2n) is 6.31. The molecule has 6 nitrogen and oxygen atoms in total. The lowest BCUT2D eigenvalue weighted by Crippen LogP contribution is -2.49. The summed E-state index contributed by atoms with van der Waals surface area (Å²) in [6, 6.07) is 11.5. The van der Waals surface area contributed by atoms with Crippen LogP contribution in [-0.2, 0) is 7.05 Å². The van der Waals surface area contributed by atoms with E-state index < -0.39 is 6.10 Å². The van der Waals surface area contributed by atoms with E-state index in [9.17, 15) is 9.90 Å². The van der Waals surface area contributed by atoms with Gasteiger partial charge < -0.3 is 10.0 Å². The van der Waals surface area contributed by atoms with Crippen LogP contribution in [0.15, 0.2) is 36.4 Å². The number of piperazine rings is 1. The monoisotopic (exact) mass is 328 g/mol. The summed E-state index contributed by atoms with van der Waals surface area (Å²) in [5, 5.41) is 14.6. The smallest absolute Gasteiger partial charge is 0.274 e. The van der Waals surface area contributed by atoms with Crippen molar-refractivity contribution in [2.45, 2.75) is 13.0 Å². The molecule has 0 spiro atoms. The van der Waals surface area contributed by atoms with Crippen LogP contribution in [0, 0.1) is 6.92 Å². The Hall–Kier alpha value is -2.18. The Balaban J connectivity index is 1.53. The Bertz CT molecular complexity index is 671. The van der Waals surface area contributed by atoms with E-state index in [-0.39, 0.29) is 5.91 Å². The van der Waals surface area contributed by atoms with Crippen LogP contribution in [0.3, 0.4) is 0 Å². The zero-order chi connectivity index (χ0) is 17.1. The third-order valence-electron chi connectivity index (χ3n) is 4.61. The minimum atomic E-state index is -0.494. The van der Waals surface area contributed by atoms with E-state index in [0.29, 0.717) is 25.3 Å². The standard InChI is InChI=1S/C18H24N4O2/c1-14-12-16(19-20(14)2)18(24)22-10-8-21(9-11-22)13-17(23)15-6-4-3-5-7-15/h3-7,12,17,23H,8-11,13H2,1-2H3/t17-/m1/s1. The molecule has 3 rings (SSSR count). The predicted octanol–water partition coefficient (Wildman–Crippen LogP) is 1.22. The molecule has 2 heterocycles. The Labute approximate surface area is 142 Å². The normalized spacial score (nSPS) is 17.0. The van der Waals surface area contributed by atoms with Gasteiger partial charge in [-0.15, -0.1) is 0 Å². The largest absolute Gasteiger partial charge is 0.387 e. The first-order valence-electron chi connectivity index (χ1n) is 8.30. The van der Waals surface area contributed by atoms with Crippen LogP contribution in [0.25, 0.3) is 0 Å². The number of aromatic nitrogens is 2. The Morgan fingerprint density at radius 3 is 2.46 bits per heavy atom. The highest BCUT2D eigenvalue weighted by molar-refractivity contribution is 5.92. The van der Waals surface area contributed by atoms with Crippen LogP contribution < -0.4 is 0 Å². The summed E-state index contributed by atoms with van der Waals surface area (Å²) in [4.78, 5) is 16.5. The molecule has 0 unspecified atom stereocenters. The molecule has 0 radical (unpaired) electrons. The van der Waals surface area contributed by atoms with Gasteiger partial charge in [0.2, 0.25) is 0 Å². The molecule has 1 aromatic heterocycles. The van der Waals surface area contributed by atoms with Crippen molar-refractivity contribution in [1.82, 2.24) is 19.6 Å². The first kappa shape index (κ1) is 16.7. The van der Waals surface area contributed by atoms with Crippen LogP contribution in [0.2, 0.25) is 0 Å². The molecule has 1 aromatic carbocycles. The van der Waals surface area contributed by atoms with Gasteiger partial charge in [0.25, 0.3) is 5.91 Å². The Kier molecular flexibility index (Phi) is 4.97. The molecule has 6 heteroatoms. The van der Waals surface area contributed by atoms with E-state index in [4.69, 9.17) is 0 Å². The molecule has 0 aliphatic carbocycles. The quantitative estimate of drug-likeness (QED) is 0.917. The van der Waals surface area contributed by atoms with Gasteiger partial charge in [-0.25, -0.2) is 0 Å². The summed E-state index contributed by atoms with van der Waals surface area (Å²) in [6.45, 7) is 5.39. The number of β-amino-alcohol motifs (C(OH)–C–C–N with tert-alkyl or cyclic N) is 1. The molecular formula is C18H24N4O2. The molecule has 0 bridgehead atoms. The van der Waals surface area contributed by atoms with Crippen molar-refractivity contribution in [2.24, 2.45) is 7.05 Å². The minimum absolute atomic E-state index is 0.0121. The molecule has 0 saturated carbocycles. The van der Waals surface area contributed by atoms with Crippen LogP contribution in [0.1, 0.15) is 27.8 Å². The summed E-state index contributed by atoms with van der Waals surface area (Å²) in [6.07, 6.45) is -0.494. The SMILES string of the molecule is Cc1cc(C(=O)N2CCN(C[C@@H](O)c3ccccc3)CC2)nn1C. The van der Waals surface area contributed by atoms with E-state index in [0.717, 1.165) is 24.3 Å². The lowest BCUT2D eigenvalue weighted by Gasteiger charge is -2.35. The Morgan fingerprint density at radius 2 is 1.88 bits per heavy atom. The first-order valence-corrected chi connectivity index (χ1v) is 8.30. The van der Waals surface area contributed by atoms with Crippen molar-refractivity contribution in [3.63, 3.8) is 0 Å². The minimum Gasteiger partial charge on any atom is -0.387 e. The van der Waals surface area contributed by atoms with Gasteiger partial charge >= 0.3 is 0 Å². The van der Waals surface area contributed by atoms with E-state index >= 15 is 0 Å². The number of hydrogen-bond donors (Lipinski definition) is 1. The third kappa shape index (κ3) is 3.66. The van der Waals surface area contributed by atoms with Gasteiger partial charge in [0.15, 0.2) is 5.69 Å². The van der Waals surface area contributed by atoms with Crippen molar-refractivity contribution in [3.8, 4) is 0 Å². The number of carbonyl (C=O) groups is 1. The summed E-state index contributed by atoms with van der Waals surface area (Å²) in [7, 11) is 1.84. The van der Waals surface area contributed by atoms with Crippen molar-refractivity contribution >= 4 is 5.91 Å². The fourth-order valence-corrected chi connectivity index (χ4v) is 2.99. The first-order chi connectivity index (χ1) is 11.5. The Morgan fingerprint density at radius 1 is 1.21 bits per heavy atom. The molecule has 1 aliphatic heterocycles. The number of carbonyl (C=O) groups excluding carboxylic acids is 1. The number of aliphatic hydroxyl groups excluding tert-OH is 1. The molecular weight excluding hydrogens is 304 g/mol. The second kappa shape index (κ2) is 7.15. The lowest BCUT2D eigenvalue weighted by molar-refractivity contribution is 0.0522. The molecule has 1 aliphatic rings. The van der Waals surface area contributed by atoms with Gasteiger partial charge in [-0.1, -0.05) is 30.3 Å². The maximum Gasteiger partial charge on any atom is 0.274 e. The van der Waals surface area contributed by atoms with Gasteiger partial charge in [-0.2, -0.15) is 5.10 Å². The van der Waals surface area contributed by atoms with Crippen molar-refractivity contribution < 1.29 is 9.90 Å². The van der Waals surface area contributed by atoms with Gasteiger partial charge in [0, 0.05) is 45.5 Å². The van der Waals surface area contributed by atoms with Crippen LogP contribution >= 0.6 is 0 Å². The van der Waals surface area contributed by atoms with Gasteiger partial charge in [-0.05, 0) is 18.6 Å². The molecule has 24 heavy (non-hydrogen) atoms. The number of amides is 1. The fraction of sp³-hybridized carbons (Fsp3) is 0.444. The summed E-state index contributed by atoms with van der Waals surface area (Å²) in [5.41, 5.74) is 2.41. The molecule has 1 saturated heterocycles. The predicted molar refractivity (Wildman–Crippen MR) is 91.7 cm³/mol. The summed E-state index contributed by atoms with van der Waals surface area (Å²) < 4.78 is 1.72. The fourth-order valence-electron chi connectivity index (χ4n) is 2.99. The molecule has 1 fully saturated rings. The summed E-state index contributed by atoms with van der Waals surface area (Å²) in [5.74, 6) is -0.0121. The van der Waals surface area contributed by atoms with Crippen molar-refractivity contribution in [3.05, 3.63) is 53.3 Å². The van der Waals surface area contributed by atoms with Gasteiger partial charge in [-0.3, -0.25) is 14.4 Å². The lowest BCUT2D eigenvalue weighted by atomic mass is 10.1. The number of aryl methyl sites for hydroxylation is 2. The van der Waals surface area contributed by atoms with Crippen molar-refractivity contribution in [2.75, 3.05) is 32.7 Å². The van der Waals surface area contributed by atoms with Crippen LogP contribution in [0.5, 0.6) is 0 Å². The average molecular weight is 328 g/mol. The van der Waals surface area contributed by atoms with E-state index in [1.165, 1.54) is 0 Å². The van der Waals surface area contributed by atoms with Gasteiger partial charge in [0.1, 0.15) is 0 Å². The highest BCUT2D eigenvalue weighted by Gasteiger charge is 2.25. The maximum absolute atomic E-state index is 12.5. The molecule has 1 atom stereocenters. The van der Waals surface area contributed by atoms with Crippen molar-refractivity contribution in [1.29, 1.82) is 0 Å². The number of aliphatic hydroxyl groups is 1. The van der Waals surface area contributed by atoms with Crippen LogP contribution in [0.4, 0.5) is 0 Å². The highest BCUT2D eigenvalue weighted by atomic mass is 16.3. The number of rotatable bonds is 4. The topological polar surface area (TPSA) is 61.6 Å². The number of hydrogen-bond acceptors (Lipinski definition) is 4. The zero-order valence-electron chi connectivity index (χ0n) is 14.2. The second-order valence-corrected chi connectivity index (χ2v) is 6.31. The summed E-state index contributed by atoms with van der Waals surface area (Å²) >= 11 is 0. The third-order valence-corrected chi connectivity index (χ3v) is 4.61.